The van der Waals surface area contributed by atoms with Gasteiger partial charge in [0.05, 0.1) is 0 Å². The molecule has 18 heavy (non-hydrogen) atoms. The first-order valence-corrected chi connectivity index (χ1v) is 7.11. The minimum atomic E-state index is 0.454. The number of benzene rings is 2. The molecule has 2 rings (SSSR count). The highest BCUT2D eigenvalue weighted by atomic mass is 32.1. The van der Waals surface area contributed by atoms with E-state index in [0.29, 0.717) is 11.2 Å². The topological polar surface area (TPSA) is 0 Å². The smallest absolute Gasteiger partial charge is 0.00997 e. The molecular weight excluding hydrogens is 236 g/mol. The van der Waals surface area contributed by atoms with Gasteiger partial charge in [0, 0.05) is 11.2 Å². The minimum absolute atomic E-state index is 0.454. The molecule has 1 unspecified atom stereocenters. The molecule has 1 heteroatoms. The number of thiol groups is 1. The molecule has 0 aliphatic rings. The molecule has 0 aliphatic carbocycles. The van der Waals surface area contributed by atoms with Crippen molar-refractivity contribution in [1.82, 2.24) is 0 Å². The average molecular weight is 256 g/mol. The summed E-state index contributed by atoms with van der Waals surface area (Å²) in [5.41, 5.74) is 2.77. The fraction of sp³-hybridized carbons (Fsp3) is 0.294. The fourth-order valence-corrected chi connectivity index (χ4v) is 2.48. The predicted molar refractivity (Wildman–Crippen MR) is 82.4 cm³/mol. The standard InChI is InChI=1S/C17H20S/c1-2-16(18)13-17(14-9-5-3-6-10-14)15-11-7-4-8-12-15/h3-12,16-18H,2,13H2,1H3. The summed E-state index contributed by atoms with van der Waals surface area (Å²) in [7, 11) is 0. The van der Waals surface area contributed by atoms with E-state index in [1.807, 2.05) is 0 Å². The normalized spacial score (nSPS) is 12.6. The van der Waals surface area contributed by atoms with Crippen LogP contribution in [-0.4, -0.2) is 5.25 Å². The lowest BCUT2D eigenvalue weighted by molar-refractivity contribution is 0.668. The van der Waals surface area contributed by atoms with Crippen LogP contribution in [0.25, 0.3) is 0 Å². The number of rotatable bonds is 5. The van der Waals surface area contributed by atoms with Crippen molar-refractivity contribution < 1.29 is 0 Å². The Morgan fingerprint density at radius 2 is 1.28 bits per heavy atom. The second-order valence-corrected chi connectivity index (χ2v) is 5.40. The Bertz CT molecular complexity index is 410. The zero-order chi connectivity index (χ0) is 12.8. The van der Waals surface area contributed by atoms with Crippen LogP contribution in [0.5, 0.6) is 0 Å². The lowest BCUT2D eigenvalue weighted by atomic mass is 9.87. The molecule has 2 aromatic rings. The van der Waals surface area contributed by atoms with Crippen LogP contribution in [-0.2, 0) is 0 Å². The summed E-state index contributed by atoms with van der Waals surface area (Å²) in [6.07, 6.45) is 2.20. The van der Waals surface area contributed by atoms with Crippen LogP contribution in [0, 0.1) is 0 Å². The Kier molecular flexibility index (Phi) is 4.89. The quantitative estimate of drug-likeness (QED) is 0.721. The Morgan fingerprint density at radius 3 is 1.67 bits per heavy atom. The van der Waals surface area contributed by atoms with Crippen LogP contribution in [0.4, 0.5) is 0 Å². The van der Waals surface area contributed by atoms with E-state index in [1.165, 1.54) is 11.1 Å². The molecule has 0 bridgehead atoms. The van der Waals surface area contributed by atoms with Gasteiger partial charge in [0.15, 0.2) is 0 Å². The maximum atomic E-state index is 4.67. The van der Waals surface area contributed by atoms with Crippen LogP contribution in [0.2, 0.25) is 0 Å². The summed E-state index contributed by atoms with van der Waals surface area (Å²) >= 11 is 4.67. The Labute approximate surface area is 115 Å². The van der Waals surface area contributed by atoms with Crippen LogP contribution < -0.4 is 0 Å². The third kappa shape index (κ3) is 3.39. The summed E-state index contributed by atoms with van der Waals surface area (Å²) in [5.74, 6) is 0.454. The average Bonchev–Trinajstić information content (AvgIpc) is 2.46. The van der Waals surface area contributed by atoms with E-state index in [9.17, 15) is 0 Å². The van der Waals surface area contributed by atoms with Crippen molar-refractivity contribution in [2.75, 3.05) is 0 Å². The van der Waals surface area contributed by atoms with Crippen LogP contribution in [0.3, 0.4) is 0 Å². The maximum Gasteiger partial charge on any atom is 0.00997 e. The van der Waals surface area contributed by atoms with Gasteiger partial charge in [-0.15, -0.1) is 0 Å². The molecule has 0 aliphatic heterocycles. The van der Waals surface area contributed by atoms with E-state index in [-0.39, 0.29) is 0 Å². The van der Waals surface area contributed by atoms with Gasteiger partial charge in [0.1, 0.15) is 0 Å². The van der Waals surface area contributed by atoms with Crippen LogP contribution >= 0.6 is 12.6 Å². The summed E-state index contributed by atoms with van der Waals surface area (Å²) in [6, 6.07) is 21.5. The van der Waals surface area contributed by atoms with Crippen molar-refractivity contribution in [3.63, 3.8) is 0 Å². The van der Waals surface area contributed by atoms with Gasteiger partial charge in [-0.3, -0.25) is 0 Å². The Morgan fingerprint density at radius 1 is 0.833 bits per heavy atom. The molecule has 1 atom stereocenters. The van der Waals surface area contributed by atoms with Crippen LogP contribution in [0.1, 0.15) is 36.8 Å². The third-order valence-electron chi connectivity index (χ3n) is 3.38. The second-order valence-electron chi connectivity index (χ2n) is 4.67. The van der Waals surface area contributed by atoms with Gasteiger partial charge in [-0.25, -0.2) is 0 Å². The number of hydrogen-bond donors (Lipinski definition) is 1. The van der Waals surface area contributed by atoms with Gasteiger partial charge >= 0.3 is 0 Å². The van der Waals surface area contributed by atoms with Crippen molar-refractivity contribution in [1.29, 1.82) is 0 Å². The molecule has 0 saturated heterocycles. The maximum absolute atomic E-state index is 4.67. The molecule has 0 heterocycles. The molecule has 0 aromatic heterocycles. The molecule has 0 nitrogen and oxygen atoms in total. The first-order valence-electron chi connectivity index (χ1n) is 6.59. The van der Waals surface area contributed by atoms with Crippen LogP contribution in [0.15, 0.2) is 60.7 Å². The highest BCUT2D eigenvalue weighted by molar-refractivity contribution is 7.80. The van der Waals surface area contributed by atoms with Crippen molar-refractivity contribution >= 4 is 12.6 Å². The van der Waals surface area contributed by atoms with Gasteiger partial charge in [-0.05, 0) is 24.0 Å². The van der Waals surface area contributed by atoms with Crippen molar-refractivity contribution in [3.8, 4) is 0 Å². The van der Waals surface area contributed by atoms with E-state index in [2.05, 4.69) is 80.2 Å². The zero-order valence-corrected chi connectivity index (χ0v) is 11.7. The van der Waals surface area contributed by atoms with Crippen molar-refractivity contribution in [2.45, 2.75) is 30.9 Å². The molecule has 0 fully saturated rings. The highest BCUT2D eigenvalue weighted by Gasteiger charge is 2.16. The van der Waals surface area contributed by atoms with Gasteiger partial charge in [-0.1, -0.05) is 67.6 Å². The SMILES string of the molecule is CCC(S)CC(c1ccccc1)c1ccccc1. The zero-order valence-electron chi connectivity index (χ0n) is 10.8. The molecule has 2 aromatic carbocycles. The lowest BCUT2D eigenvalue weighted by Crippen LogP contribution is -2.08. The van der Waals surface area contributed by atoms with Gasteiger partial charge < -0.3 is 0 Å². The van der Waals surface area contributed by atoms with E-state index in [4.69, 9.17) is 0 Å². The summed E-state index contributed by atoms with van der Waals surface area (Å²) < 4.78 is 0. The molecule has 0 saturated carbocycles. The van der Waals surface area contributed by atoms with Gasteiger partial charge in [0.2, 0.25) is 0 Å². The summed E-state index contributed by atoms with van der Waals surface area (Å²) in [6.45, 7) is 2.20. The molecule has 0 radical (unpaired) electrons. The minimum Gasteiger partial charge on any atom is -0.176 e. The summed E-state index contributed by atoms with van der Waals surface area (Å²) in [5, 5.41) is 0.454. The van der Waals surface area contributed by atoms with Gasteiger partial charge in [-0.2, -0.15) is 12.6 Å². The third-order valence-corrected chi connectivity index (χ3v) is 3.96. The fourth-order valence-electron chi connectivity index (χ4n) is 2.27. The molecule has 0 N–H and O–H groups in total. The summed E-state index contributed by atoms with van der Waals surface area (Å²) in [4.78, 5) is 0. The Hall–Kier alpha value is -1.21. The first kappa shape index (κ1) is 13.2. The molecule has 0 spiro atoms. The van der Waals surface area contributed by atoms with Crippen molar-refractivity contribution in [3.05, 3.63) is 71.8 Å². The monoisotopic (exact) mass is 256 g/mol. The Balaban J connectivity index is 2.29. The predicted octanol–water partition coefficient (Wildman–Crippen LogP) is 4.92. The van der Waals surface area contributed by atoms with E-state index >= 15 is 0 Å². The molecule has 0 amide bonds. The van der Waals surface area contributed by atoms with Gasteiger partial charge in [0.25, 0.3) is 0 Å². The van der Waals surface area contributed by atoms with E-state index in [1.54, 1.807) is 0 Å². The molecular formula is C17H20S. The second kappa shape index (κ2) is 6.65. The van der Waals surface area contributed by atoms with E-state index in [0.717, 1.165) is 12.8 Å². The molecule has 94 valence electrons. The number of hydrogen-bond acceptors (Lipinski definition) is 1. The highest BCUT2D eigenvalue weighted by Crippen LogP contribution is 2.31. The van der Waals surface area contributed by atoms with Crippen molar-refractivity contribution in [2.24, 2.45) is 0 Å². The first-order chi connectivity index (χ1) is 8.81. The van der Waals surface area contributed by atoms with E-state index < -0.39 is 0 Å². The lowest BCUT2D eigenvalue weighted by Gasteiger charge is -2.21. The largest absolute Gasteiger partial charge is 0.176 e.